The van der Waals surface area contributed by atoms with Crippen LogP contribution in [-0.2, 0) is 9.59 Å². The van der Waals surface area contributed by atoms with Crippen LogP contribution < -0.4 is 11.1 Å². The molecule has 0 spiro atoms. The van der Waals surface area contributed by atoms with E-state index < -0.39 is 29.9 Å². The Morgan fingerprint density at radius 1 is 1.20 bits per heavy atom. The van der Waals surface area contributed by atoms with Gasteiger partial charge in [-0.3, -0.25) is 9.59 Å². The minimum Gasteiger partial charge on any atom is -0.480 e. The average Bonchev–Trinajstić information content (AvgIpc) is 2.58. The molecule has 0 unspecified atom stereocenters. The van der Waals surface area contributed by atoms with Gasteiger partial charge in [0, 0.05) is 10.6 Å². The molecule has 7 nitrogen and oxygen atoms in total. The number of nitrogens with one attached hydrogen (secondary N) is 1. The van der Waals surface area contributed by atoms with Gasteiger partial charge in [0.05, 0.1) is 5.56 Å². The highest BCUT2D eigenvalue weighted by Gasteiger charge is 2.26. The Morgan fingerprint density at radius 2 is 1.84 bits per heavy atom. The molecule has 0 bridgehead atoms. The Balaban J connectivity index is 2.82. The summed E-state index contributed by atoms with van der Waals surface area (Å²) >= 11 is 0. The molecule has 0 aromatic heterocycles. The van der Waals surface area contributed by atoms with Crippen molar-refractivity contribution in [3.8, 4) is 0 Å². The zero-order valence-electron chi connectivity index (χ0n) is 14.0. The van der Waals surface area contributed by atoms with Gasteiger partial charge < -0.3 is 21.3 Å². The molecular weight excluding hydrogens is 364 g/mol. The number of carboxylic acid groups (broad SMARTS) is 2. The fourth-order valence-electron chi connectivity index (χ4n) is 1.87. The molecular formula is C16H22N2O5S2. The van der Waals surface area contributed by atoms with Crippen LogP contribution in [0.3, 0.4) is 0 Å². The molecule has 25 heavy (non-hydrogen) atoms. The van der Waals surface area contributed by atoms with E-state index in [0.717, 1.165) is 0 Å². The van der Waals surface area contributed by atoms with Gasteiger partial charge in [-0.2, -0.15) is 0 Å². The van der Waals surface area contributed by atoms with Crippen LogP contribution in [0.5, 0.6) is 0 Å². The van der Waals surface area contributed by atoms with Crippen LogP contribution in [0.15, 0.2) is 29.2 Å². The van der Waals surface area contributed by atoms with Gasteiger partial charge in [0.25, 0.3) is 5.91 Å². The van der Waals surface area contributed by atoms with Gasteiger partial charge in [-0.15, -0.1) is 0 Å². The van der Waals surface area contributed by atoms with Gasteiger partial charge in [0.1, 0.15) is 12.1 Å². The van der Waals surface area contributed by atoms with E-state index in [4.69, 9.17) is 10.8 Å². The van der Waals surface area contributed by atoms with E-state index in [1.165, 1.54) is 21.6 Å². The lowest BCUT2D eigenvalue weighted by Gasteiger charge is -2.20. The summed E-state index contributed by atoms with van der Waals surface area (Å²) in [6.07, 6.45) is 0.622. The molecule has 0 aliphatic carbocycles. The Hall–Kier alpha value is -1.71. The van der Waals surface area contributed by atoms with Gasteiger partial charge in [0.2, 0.25) is 0 Å². The summed E-state index contributed by atoms with van der Waals surface area (Å²) in [6.45, 7) is 3.63. The van der Waals surface area contributed by atoms with Crippen molar-refractivity contribution < 1.29 is 24.6 Å². The van der Waals surface area contributed by atoms with Crippen molar-refractivity contribution in [1.29, 1.82) is 0 Å². The standard InChI is InChI=1S/C16H22N2O5S2/c1-3-9(2)13(16(22)23)18-14(19)10-6-4-5-7-12(10)25-24-8-11(17)15(20)21/h4-7,9,11,13H,3,8,17H2,1-2H3,(H,18,19)(H,20,21)(H,22,23)/t9-,11-,13-/m0/s1. The summed E-state index contributed by atoms with van der Waals surface area (Å²) in [5.41, 5.74) is 5.79. The molecule has 1 rings (SSSR count). The third-order valence-electron chi connectivity index (χ3n) is 3.61. The molecule has 1 aromatic carbocycles. The van der Waals surface area contributed by atoms with Crippen molar-refractivity contribution in [1.82, 2.24) is 5.32 Å². The number of carbonyl (C=O) groups excluding carboxylic acids is 1. The molecule has 0 heterocycles. The molecule has 0 saturated heterocycles. The van der Waals surface area contributed by atoms with Crippen molar-refractivity contribution in [2.24, 2.45) is 11.7 Å². The van der Waals surface area contributed by atoms with Gasteiger partial charge in [-0.25, -0.2) is 4.79 Å². The maximum absolute atomic E-state index is 12.5. The van der Waals surface area contributed by atoms with E-state index in [1.807, 2.05) is 6.92 Å². The summed E-state index contributed by atoms with van der Waals surface area (Å²) in [6, 6.07) is 4.80. The van der Waals surface area contributed by atoms with Crippen LogP contribution in [0, 0.1) is 5.92 Å². The van der Waals surface area contributed by atoms with Crippen LogP contribution >= 0.6 is 21.6 Å². The van der Waals surface area contributed by atoms with Crippen LogP contribution in [0.4, 0.5) is 0 Å². The van der Waals surface area contributed by atoms with Crippen molar-refractivity contribution in [3.05, 3.63) is 29.8 Å². The maximum Gasteiger partial charge on any atom is 0.326 e. The van der Waals surface area contributed by atoms with Crippen LogP contribution in [0.25, 0.3) is 0 Å². The predicted molar refractivity (Wildman–Crippen MR) is 98.7 cm³/mol. The molecule has 3 atom stereocenters. The Morgan fingerprint density at radius 3 is 2.40 bits per heavy atom. The largest absolute Gasteiger partial charge is 0.480 e. The van der Waals surface area contributed by atoms with Crippen LogP contribution in [0.1, 0.15) is 30.6 Å². The summed E-state index contributed by atoms with van der Waals surface area (Å²) in [5.74, 6) is -2.66. The van der Waals surface area contributed by atoms with Crippen molar-refractivity contribution in [2.45, 2.75) is 37.2 Å². The van der Waals surface area contributed by atoms with E-state index in [0.29, 0.717) is 16.9 Å². The highest BCUT2D eigenvalue weighted by Crippen LogP contribution is 2.33. The predicted octanol–water partition coefficient (Wildman–Crippen LogP) is 2.07. The molecule has 0 fully saturated rings. The number of nitrogens with two attached hydrogens (primary N) is 1. The van der Waals surface area contributed by atoms with Crippen LogP contribution in [-0.4, -0.2) is 45.9 Å². The third-order valence-corrected chi connectivity index (χ3v) is 6.06. The number of carboxylic acids is 2. The Kier molecular flexibility index (Phi) is 8.81. The summed E-state index contributed by atoms with van der Waals surface area (Å²) in [5, 5.41) is 20.6. The van der Waals surface area contributed by atoms with Crippen molar-refractivity contribution >= 4 is 39.4 Å². The minimum absolute atomic E-state index is 0.181. The number of benzene rings is 1. The Labute approximate surface area is 154 Å². The van der Waals surface area contributed by atoms with Crippen LogP contribution in [0.2, 0.25) is 0 Å². The fraction of sp³-hybridized carbons (Fsp3) is 0.438. The number of carbonyl (C=O) groups is 3. The lowest BCUT2D eigenvalue weighted by atomic mass is 9.99. The second-order valence-corrected chi connectivity index (χ2v) is 7.87. The number of rotatable bonds is 10. The number of hydrogen-bond donors (Lipinski definition) is 4. The lowest BCUT2D eigenvalue weighted by molar-refractivity contribution is -0.140. The second kappa shape index (κ2) is 10.3. The summed E-state index contributed by atoms with van der Waals surface area (Å²) in [7, 11) is 2.46. The fourth-order valence-corrected chi connectivity index (χ4v) is 4.20. The molecule has 138 valence electrons. The monoisotopic (exact) mass is 386 g/mol. The summed E-state index contributed by atoms with van der Waals surface area (Å²) in [4.78, 5) is 35.2. The first-order valence-electron chi connectivity index (χ1n) is 7.68. The molecule has 1 amide bonds. The van der Waals surface area contributed by atoms with E-state index in [-0.39, 0.29) is 11.7 Å². The quantitative estimate of drug-likeness (QED) is 0.450. The maximum atomic E-state index is 12.5. The molecule has 0 saturated carbocycles. The van der Waals surface area contributed by atoms with E-state index in [9.17, 15) is 19.5 Å². The first kappa shape index (κ1) is 21.3. The first-order valence-corrected chi connectivity index (χ1v) is 10.00. The molecule has 5 N–H and O–H groups in total. The lowest BCUT2D eigenvalue weighted by Crippen LogP contribution is -2.45. The van der Waals surface area contributed by atoms with Gasteiger partial charge >= 0.3 is 11.9 Å². The van der Waals surface area contributed by atoms with E-state index >= 15 is 0 Å². The zero-order valence-corrected chi connectivity index (χ0v) is 15.6. The Bertz CT molecular complexity index is 626. The number of hydrogen-bond acceptors (Lipinski definition) is 6. The third kappa shape index (κ3) is 6.60. The topological polar surface area (TPSA) is 130 Å². The molecule has 0 aliphatic heterocycles. The van der Waals surface area contributed by atoms with Gasteiger partial charge in [-0.05, 0) is 18.1 Å². The average molecular weight is 386 g/mol. The molecule has 0 radical (unpaired) electrons. The highest BCUT2D eigenvalue weighted by molar-refractivity contribution is 8.76. The van der Waals surface area contributed by atoms with E-state index in [1.54, 1.807) is 31.2 Å². The molecule has 0 aliphatic rings. The van der Waals surface area contributed by atoms with Gasteiger partial charge in [-0.1, -0.05) is 54.0 Å². The van der Waals surface area contributed by atoms with Crippen molar-refractivity contribution in [2.75, 3.05) is 5.75 Å². The summed E-state index contributed by atoms with van der Waals surface area (Å²) < 4.78 is 0. The number of amides is 1. The minimum atomic E-state index is -1.09. The smallest absolute Gasteiger partial charge is 0.326 e. The molecule has 9 heteroatoms. The SMILES string of the molecule is CC[C@H](C)[C@H](NC(=O)c1ccccc1SSC[C@H](N)C(=O)O)C(=O)O. The van der Waals surface area contributed by atoms with E-state index in [2.05, 4.69) is 5.32 Å². The number of aliphatic carboxylic acids is 2. The highest BCUT2D eigenvalue weighted by atomic mass is 33.1. The van der Waals surface area contributed by atoms with Crippen molar-refractivity contribution in [3.63, 3.8) is 0 Å². The second-order valence-electron chi connectivity index (χ2n) is 5.48. The normalized spacial score (nSPS) is 14.4. The zero-order chi connectivity index (χ0) is 19.0. The first-order chi connectivity index (χ1) is 11.8. The van der Waals surface area contributed by atoms with Gasteiger partial charge in [0.15, 0.2) is 0 Å². The molecule has 1 aromatic rings.